The van der Waals surface area contributed by atoms with Gasteiger partial charge in [0.25, 0.3) is 11.8 Å². The molecule has 2 amide bonds. The first-order valence-corrected chi connectivity index (χ1v) is 18.6. The average Bonchev–Trinajstić information content (AvgIpc) is 3.08. The second kappa shape index (κ2) is 15.2. The van der Waals surface area contributed by atoms with Crippen LogP contribution in [0.5, 0.6) is 17.4 Å². The van der Waals surface area contributed by atoms with Crippen molar-refractivity contribution in [1.29, 1.82) is 0 Å². The van der Waals surface area contributed by atoms with Crippen molar-refractivity contribution in [2.45, 2.75) is 78.5 Å². The van der Waals surface area contributed by atoms with Gasteiger partial charge in [-0.2, -0.15) is 0 Å². The topological polar surface area (TPSA) is 126 Å². The van der Waals surface area contributed by atoms with Crippen LogP contribution in [0.4, 0.5) is 15.0 Å². The molecular formula is C38H49FN8O5. The maximum atomic E-state index is 14.3. The summed E-state index contributed by atoms with van der Waals surface area (Å²) in [5.74, 6) is 1.44. The van der Waals surface area contributed by atoms with Crippen LogP contribution in [-0.4, -0.2) is 111 Å². The lowest BCUT2D eigenvalue weighted by atomic mass is 9.61. The number of carbonyl (C=O) groups is 2. The maximum absolute atomic E-state index is 14.3. The van der Waals surface area contributed by atoms with Gasteiger partial charge in [-0.3, -0.25) is 14.7 Å². The number of hydrogen-bond donors (Lipinski definition) is 0. The summed E-state index contributed by atoms with van der Waals surface area (Å²) in [7, 11) is 0. The molecule has 4 aliphatic rings. The van der Waals surface area contributed by atoms with Crippen LogP contribution in [0.3, 0.4) is 0 Å². The number of aromatic nitrogens is 4. The van der Waals surface area contributed by atoms with Gasteiger partial charge in [-0.25, -0.2) is 14.2 Å². The second-order valence-corrected chi connectivity index (χ2v) is 15.0. The molecule has 0 N–H and O–H groups in total. The molecule has 13 nitrogen and oxygen atoms in total. The van der Waals surface area contributed by atoms with E-state index in [2.05, 4.69) is 36.9 Å². The molecule has 3 fully saturated rings. The maximum Gasteiger partial charge on any atom is 0.409 e. The number of pyridine rings is 1. The first-order valence-electron chi connectivity index (χ1n) is 18.6. The quantitative estimate of drug-likeness (QED) is 0.213. The number of ether oxygens (including phenoxy) is 3. The van der Waals surface area contributed by atoms with Crippen molar-refractivity contribution in [3.05, 3.63) is 59.4 Å². The first-order chi connectivity index (χ1) is 25.1. The van der Waals surface area contributed by atoms with E-state index in [9.17, 15) is 14.0 Å². The zero-order valence-corrected chi connectivity index (χ0v) is 30.6. The van der Waals surface area contributed by atoms with Crippen LogP contribution in [0, 0.1) is 17.2 Å². The lowest BCUT2D eigenvalue weighted by Crippen LogP contribution is -2.65. The van der Waals surface area contributed by atoms with Gasteiger partial charge in [-0.1, -0.05) is 13.3 Å². The number of benzene rings is 1. The van der Waals surface area contributed by atoms with E-state index in [0.717, 1.165) is 89.4 Å². The Bertz CT molecular complexity index is 1760. The van der Waals surface area contributed by atoms with Crippen LogP contribution >= 0.6 is 0 Å². The highest BCUT2D eigenvalue weighted by molar-refractivity contribution is 5.97. The Morgan fingerprint density at radius 2 is 1.90 bits per heavy atom. The molecule has 1 aliphatic carbocycles. The number of likely N-dealkylation sites (tertiary alicyclic amines) is 1. The van der Waals surface area contributed by atoms with E-state index in [1.54, 1.807) is 9.80 Å². The number of carbonyl (C=O) groups excluding carboxylic acids is 2. The number of amides is 2. The normalized spacial score (nSPS) is 18.3. The van der Waals surface area contributed by atoms with Gasteiger partial charge in [-0.05, 0) is 64.3 Å². The van der Waals surface area contributed by atoms with Gasteiger partial charge >= 0.3 is 6.09 Å². The largest absolute Gasteiger partial charge is 0.490 e. The van der Waals surface area contributed by atoms with Crippen LogP contribution in [0.25, 0.3) is 0 Å². The lowest BCUT2D eigenvalue weighted by molar-refractivity contribution is -0.0354. The molecule has 1 aromatic carbocycles. The summed E-state index contributed by atoms with van der Waals surface area (Å²) in [4.78, 5) is 42.8. The molecule has 52 heavy (non-hydrogen) atoms. The SMILES string of the molecule is CCCCOC(=O)N1CC(CN2CCc3nccc(OC4CC5(C4)CN(c4ncnnc4Oc4ccc(F)cc4C(=O)N(CC)C(C)C)C5)c3C2)C1. The summed E-state index contributed by atoms with van der Waals surface area (Å²) in [5.41, 5.74) is 2.51. The van der Waals surface area contributed by atoms with Crippen molar-refractivity contribution in [1.82, 2.24) is 34.9 Å². The molecular weight excluding hydrogens is 667 g/mol. The highest BCUT2D eigenvalue weighted by Crippen LogP contribution is 2.52. The molecule has 278 valence electrons. The molecule has 2 saturated heterocycles. The number of rotatable bonds is 13. The standard InChI is InChI=1S/C38H49FN8O5/c1-5-7-14-50-37(49)45-19-26(20-45)18-44-13-11-31-30(21-44)33(10-12-40-31)51-28-16-38(17-28)22-46(23-38)34-35(43-42-24-41-34)52-32-9-8-27(39)15-29(32)36(48)47(6-2)25(3)4/h8-10,12,15,24-26,28H,5-7,11,13-14,16-23H2,1-4H3. The predicted octanol–water partition coefficient (Wildman–Crippen LogP) is 5.34. The summed E-state index contributed by atoms with van der Waals surface area (Å²) in [6.07, 6.45) is 7.78. The van der Waals surface area contributed by atoms with Crippen molar-refractivity contribution in [2.75, 3.05) is 57.3 Å². The van der Waals surface area contributed by atoms with E-state index >= 15 is 0 Å². The van der Waals surface area contributed by atoms with Gasteiger partial charge in [0.1, 0.15) is 29.7 Å². The first kappa shape index (κ1) is 35.8. The molecule has 3 aromatic rings. The van der Waals surface area contributed by atoms with Crippen molar-refractivity contribution in [3.63, 3.8) is 0 Å². The van der Waals surface area contributed by atoms with Crippen molar-refractivity contribution >= 4 is 17.8 Å². The molecule has 0 unspecified atom stereocenters. The van der Waals surface area contributed by atoms with Crippen LogP contribution < -0.4 is 14.4 Å². The fraction of sp³-hybridized carbons (Fsp3) is 0.579. The summed E-state index contributed by atoms with van der Waals surface area (Å²) < 4.78 is 32.4. The van der Waals surface area contributed by atoms with Crippen molar-refractivity contribution in [2.24, 2.45) is 11.3 Å². The monoisotopic (exact) mass is 716 g/mol. The Morgan fingerprint density at radius 3 is 2.65 bits per heavy atom. The van der Waals surface area contributed by atoms with E-state index in [4.69, 9.17) is 14.2 Å². The van der Waals surface area contributed by atoms with Gasteiger partial charge in [0, 0.05) is 93.6 Å². The minimum Gasteiger partial charge on any atom is -0.490 e. The molecule has 1 spiro atoms. The third-order valence-electron chi connectivity index (χ3n) is 10.7. The van der Waals surface area contributed by atoms with E-state index in [1.807, 2.05) is 33.0 Å². The molecule has 3 aliphatic heterocycles. The molecule has 0 bridgehead atoms. The van der Waals surface area contributed by atoms with Crippen LogP contribution in [-0.2, 0) is 17.7 Å². The Kier molecular flexibility index (Phi) is 10.4. The van der Waals surface area contributed by atoms with Gasteiger partial charge in [0.15, 0.2) is 5.82 Å². The minimum absolute atomic E-state index is 0.0626. The summed E-state index contributed by atoms with van der Waals surface area (Å²) in [5, 5.41) is 8.15. The summed E-state index contributed by atoms with van der Waals surface area (Å²) >= 11 is 0. The third kappa shape index (κ3) is 7.48. The van der Waals surface area contributed by atoms with Crippen LogP contribution in [0.15, 0.2) is 36.8 Å². The van der Waals surface area contributed by atoms with Gasteiger partial charge in [0.05, 0.1) is 12.2 Å². The lowest BCUT2D eigenvalue weighted by Gasteiger charge is -2.58. The zero-order valence-electron chi connectivity index (χ0n) is 30.6. The van der Waals surface area contributed by atoms with E-state index < -0.39 is 5.82 Å². The third-order valence-corrected chi connectivity index (χ3v) is 10.7. The Morgan fingerprint density at radius 1 is 1.10 bits per heavy atom. The molecule has 1 saturated carbocycles. The van der Waals surface area contributed by atoms with Crippen molar-refractivity contribution < 1.29 is 28.2 Å². The molecule has 7 rings (SSSR count). The number of fused-ring (bicyclic) bond motifs is 1. The van der Waals surface area contributed by atoms with Gasteiger partial charge in [0.2, 0.25) is 0 Å². The minimum atomic E-state index is -0.521. The Labute approximate surface area is 304 Å². The average molecular weight is 717 g/mol. The Hall–Kier alpha value is -4.59. The molecule has 2 aromatic heterocycles. The molecule has 0 atom stereocenters. The van der Waals surface area contributed by atoms with Crippen LogP contribution in [0.1, 0.15) is 75.0 Å². The number of anilines is 1. The van der Waals surface area contributed by atoms with Crippen LogP contribution in [0.2, 0.25) is 0 Å². The summed E-state index contributed by atoms with van der Waals surface area (Å²) in [6.45, 7) is 14.5. The molecule has 0 radical (unpaired) electrons. The number of hydrogen-bond acceptors (Lipinski definition) is 11. The Balaban J connectivity index is 0.927. The van der Waals surface area contributed by atoms with Gasteiger partial charge < -0.3 is 28.9 Å². The summed E-state index contributed by atoms with van der Waals surface area (Å²) in [6, 6.07) is 5.85. The second-order valence-electron chi connectivity index (χ2n) is 15.0. The van der Waals surface area contributed by atoms with Gasteiger partial charge in [-0.15, -0.1) is 10.2 Å². The molecule has 5 heterocycles. The highest BCUT2D eigenvalue weighted by atomic mass is 19.1. The fourth-order valence-electron chi connectivity index (χ4n) is 7.97. The van der Waals surface area contributed by atoms with E-state index in [1.165, 1.54) is 30.1 Å². The van der Waals surface area contributed by atoms with E-state index in [0.29, 0.717) is 24.9 Å². The fourth-order valence-corrected chi connectivity index (χ4v) is 7.97. The molecule has 14 heteroatoms. The predicted molar refractivity (Wildman–Crippen MR) is 191 cm³/mol. The van der Waals surface area contributed by atoms with Crippen molar-refractivity contribution in [3.8, 4) is 17.4 Å². The zero-order chi connectivity index (χ0) is 36.4. The smallest absolute Gasteiger partial charge is 0.409 e. The number of unbranched alkanes of at least 4 members (excludes halogenated alkanes) is 1. The highest BCUT2D eigenvalue weighted by Gasteiger charge is 2.54. The van der Waals surface area contributed by atoms with E-state index in [-0.39, 0.29) is 46.8 Å². The number of halogens is 1. The number of nitrogens with zero attached hydrogens (tertiary/aromatic N) is 8.